The zero-order valence-corrected chi connectivity index (χ0v) is 13.1. The monoisotopic (exact) mass is 352 g/mol. The van der Waals surface area contributed by atoms with Crippen molar-refractivity contribution in [2.45, 2.75) is 11.2 Å². The van der Waals surface area contributed by atoms with E-state index in [1.165, 1.54) is 0 Å². The third-order valence-corrected chi connectivity index (χ3v) is 6.44. The van der Waals surface area contributed by atoms with Crippen LogP contribution in [0.4, 0.5) is 0 Å². The Hall–Kier alpha value is -0.260. The van der Waals surface area contributed by atoms with Gasteiger partial charge in [0.1, 0.15) is 5.75 Å². The van der Waals surface area contributed by atoms with Gasteiger partial charge in [-0.05, 0) is 30.5 Å². The molecule has 3 nitrogen and oxygen atoms in total. The van der Waals surface area contributed by atoms with Crippen molar-refractivity contribution in [2.24, 2.45) is 5.92 Å². The molecule has 0 aliphatic carbocycles. The van der Waals surface area contributed by atoms with Crippen LogP contribution in [0.3, 0.4) is 0 Å². The van der Waals surface area contributed by atoms with E-state index >= 15 is 0 Å². The van der Waals surface area contributed by atoms with E-state index in [4.69, 9.17) is 16.3 Å². The van der Waals surface area contributed by atoms with Gasteiger partial charge in [-0.25, -0.2) is 8.42 Å². The summed E-state index contributed by atoms with van der Waals surface area (Å²) in [5, 5.41) is 0.621. The van der Waals surface area contributed by atoms with Crippen molar-refractivity contribution >= 4 is 37.4 Å². The molecule has 0 saturated carbocycles. The molecule has 1 aromatic rings. The lowest BCUT2D eigenvalue weighted by Gasteiger charge is -2.19. The third-order valence-electron chi connectivity index (χ3n) is 3.17. The first-order valence-corrected chi connectivity index (χ1v) is 8.72. The van der Waals surface area contributed by atoms with Crippen molar-refractivity contribution in [1.29, 1.82) is 0 Å². The van der Waals surface area contributed by atoms with Crippen LogP contribution >= 0.6 is 27.5 Å². The van der Waals surface area contributed by atoms with Gasteiger partial charge in [0, 0.05) is 15.4 Å². The Morgan fingerprint density at radius 1 is 1.50 bits per heavy atom. The summed E-state index contributed by atoms with van der Waals surface area (Å²) in [6, 6.07) is 5.38. The fourth-order valence-corrected chi connectivity index (χ4v) is 5.31. The summed E-state index contributed by atoms with van der Waals surface area (Å²) in [4.78, 5) is -0.0524. The zero-order valence-electron chi connectivity index (χ0n) is 9.90. The van der Waals surface area contributed by atoms with Crippen molar-refractivity contribution in [3.8, 4) is 5.75 Å². The van der Waals surface area contributed by atoms with Gasteiger partial charge in [-0.2, -0.15) is 0 Å². The van der Waals surface area contributed by atoms with Gasteiger partial charge in [-0.1, -0.05) is 27.5 Å². The maximum absolute atomic E-state index is 11.5. The summed E-state index contributed by atoms with van der Waals surface area (Å²) in [5.74, 6) is 1.29. The van der Waals surface area contributed by atoms with Gasteiger partial charge in [-0.3, -0.25) is 0 Å². The SMILES string of the molecule is COc1ccc(Cl)cc1C(Br)C1CCS(=O)(=O)C1. The van der Waals surface area contributed by atoms with Gasteiger partial charge in [0.2, 0.25) is 0 Å². The van der Waals surface area contributed by atoms with E-state index in [0.717, 1.165) is 11.3 Å². The molecule has 0 radical (unpaired) electrons. The molecule has 0 spiro atoms. The minimum Gasteiger partial charge on any atom is -0.496 e. The predicted octanol–water partition coefficient (Wildman–Crippen LogP) is 3.22. The molecular weight excluding hydrogens is 340 g/mol. The smallest absolute Gasteiger partial charge is 0.150 e. The van der Waals surface area contributed by atoms with Gasteiger partial charge < -0.3 is 4.74 Å². The average Bonchev–Trinajstić information content (AvgIpc) is 2.68. The maximum Gasteiger partial charge on any atom is 0.150 e. The van der Waals surface area contributed by atoms with Crippen LogP contribution in [0.2, 0.25) is 5.02 Å². The Labute approximate surface area is 121 Å². The number of rotatable bonds is 3. The number of sulfone groups is 1. The summed E-state index contributed by atoms with van der Waals surface area (Å²) < 4.78 is 28.3. The van der Waals surface area contributed by atoms with Crippen LogP contribution in [0.15, 0.2) is 18.2 Å². The molecule has 2 atom stereocenters. The molecule has 100 valence electrons. The van der Waals surface area contributed by atoms with E-state index < -0.39 is 9.84 Å². The van der Waals surface area contributed by atoms with Crippen LogP contribution in [0.25, 0.3) is 0 Å². The Kier molecular flexibility index (Phi) is 4.24. The van der Waals surface area contributed by atoms with Crippen molar-refractivity contribution in [3.05, 3.63) is 28.8 Å². The number of alkyl halides is 1. The number of methoxy groups -OCH3 is 1. The van der Waals surface area contributed by atoms with E-state index in [-0.39, 0.29) is 22.3 Å². The molecule has 1 fully saturated rings. The number of hydrogen-bond donors (Lipinski definition) is 0. The lowest BCUT2D eigenvalue weighted by atomic mass is 9.98. The highest BCUT2D eigenvalue weighted by Gasteiger charge is 2.34. The van der Waals surface area contributed by atoms with Gasteiger partial charge in [0.15, 0.2) is 9.84 Å². The molecular formula is C12H14BrClO3S. The molecule has 18 heavy (non-hydrogen) atoms. The molecule has 1 heterocycles. The quantitative estimate of drug-likeness (QED) is 0.784. The number of halogens is 2. The Bertz CT molecular complexity index is 544. The van der Waals surface area contributed by atoms with Crippen LogP contribution in [0.5, 0.6) is 5.75 Å². The Morgan fingerprint density at radius 2 is 2.22 bits per heavy atom. The minimum absolute atomic E-state index is 0.0524. The Morgan fingerprint density at radius 3 is 2.78 bits per heavy atom. The number of ether oxygens (including phenoxy) is 1. The fourth-order valence-electron chi connectivity index (χ4n) is 2.23. The number of hydrogen-bond acceptors (Lipinski definition) is 3. The average molecular weight is 354 g/mol. The first-order valence-electron chi connectivity index (χ1n) is 5.61. The van der Waals surface area contributed by atoms with Crippen LogP contribution in [0, 0.1) is 5.92 Å². The Balaban J connectivity index is 2.28. The highest BCUT2D eigenvalue weighted by Crippen LogP contribution is 2.42. The molecule has 2 unspecified atom stereocenters. The minimum atomic E-state index is -2.88. The normalized spacial score (nSPS) is 23.8. The molecule has 1 saturated heterocycles. The molecule has 6 heteroatoms. The van der Waals surface area contributed by atoms with Gasteiger partial charge in [0.05, 0.1) is 18.6 Å². The van der Waals surface area contributed by atoms with Crippen molar-refractivity contribution in [2.75, 3.05) is 18.6 Å². The van der Waals surface area contributed by atoms with Crippen LogP contribution in [-0.4, -0.2) is 27.0 Å². The highest BCUT2D eigenvalue weighted by molar-refractivity contribution is 9.09. The van der Waals surface area contributed by atoms with Gasteiger partial charge in [0.25, 0.3) is 0 Å². The van der Waals surface area contributed by atoms with Crippen LogP contribution in [0.1, 0.15) is 16.8 Å². The summed E-state index contributed by atoms with van der Waals surface area (Å²) in [5.41, 5.74) is 0.909. The largest absolute Gasteiger partial charge is 0.496 e. The van der Waals surface area contributed by atoms with E-state index in [1.807, 2.05) is 6.07 Å². The van der Waals surface area contributed by atoms with Crippen LogP contribution in [-0.2, 0) is 9.84 Å². The van der Waals surface area contributed by atoms with E-state index in [9.17, 15) is 8.42 Å². The lowest BCUT2D eigenvalue weighted by molar-refractivity contribution is 0.405. The molecule has 0 amide bonds. The molecule has 0 N–H and O–H groups in total. The zero-order chi connectivity index (χ0) is 13.3. The predicted molar refractivity (Wildman–Crippen MR) is 76.4 cm³/mol. The van der Waals surface area contributed by atoms with Crippen molar-refractivity contribution in [1.82, 2.24) is 0 Å². The molecule has 1 aliphatic heterocycles. The first-order chi connectivity index (χ1) is 8.43. The standard InChI is InChI=1S/C12H14BrClO3S/c1-17-11-3-2-9(14)6-10(11)12(13)8-4-5-18(15,16)7-8/h2-3,6,8,12H,4-5,7H2,1H3. The number of benzene rings is 1. The summed E-state index contributed by atoms with van der Waals surface area (Å²) in [6.07, 6.45) is 0.675. The van der Waals surface area contributed by atoms with Crippen molar-refractivity contribution in [3.63, 3.8) is 0 Å². The topological polar surface area (TPSA) is 43.4 Å². The van der Waals surface area contributed by atoms with Crippen LogP contribution < -0.4 is 4.74 Å². The molecule has 0 aromatic heterocycles. The van der Waals surface area contributed by atoms with E-state index in [0.29, 0.717) is 11.4 Å². The summed E-state index contributed by atoms with van der Waals surface area (Å²) in [6.45, 7) is 0. The first kappa shape index (κ1) is 14.2. The van der Waals surface area contributed by atoms with Crippen molar-refractivity contribution < 1.29 is 13.2 Å². The highest BCUT2D eigenvalue weighted by atomic mass is 79.9. The maximum atomic E-state index is 11.5. The third kappa shape index (κ3) is 3.00. The van der Waals surface area contributed by atoms with E-state index in [2.05, 4.69) is 15.9 Å². The second-order valence-electron chi connectivity index (χ2n) is 4.45. The van der Waals surface area contributed by atoms with Gasteiger partial charge in [-0.15, -0.1) is 0 Å². The molecule has 2 rings (SSSR count). The summed E-state index contributed by atoms with van der Waals surface area (Å²) in [7, 11) is -1.29. The fraction of sp³-hybridized carbons (Fsp3) is 0.500. The second kappa shape index (κ2) is 5.39. The molecule has 0 bridgehead atoms. The molecule has 1 aliphatic rings. The van der Waals surface area contributed by atoms with E-state index in [1.54, 1.807) is 19.2 Å². The second-order valence-corrected chi connectivity index (χ2v) is 8.10. The lowest BCUT2D eigenvalue weighted by Crippen LogP contribution is -2.11. The molecule has 1 aromatic carbocycles. The summed E-state index contributed by atoms with van der Waals surface area (Å²) >= 11 is 9.57. The van der Waals surface area contributed by atoms with Gasteiger partial charge >= 0.3 is 0 Å².